The van der Waals surface area contributed by atoms with Crippen molar-refractivity contribution in [2.45, 2.75) is 50.7 Å². The van der Waals surface area contributed by atoms with Gasteiger partial charge in [0.25, 0.3) is 0 Å². The second-order valence-electron chi connectivity index (χ2n) is 6.04. The molecule has 4 unspecified atom stereocenters. The molecule has 110 valence electrons. The molecule has 1 fully saturated rings. The molecule has 0 radical (unpaired) electrons. The van der Waals surface area contributed by atoms with E-state index in [4.69, 9.17) is 15.2 Å². The predicted molar refractivity (Wildman–Crippen MR) is 80.0 cm³/mol. The summed E-state index contributed by atoms with van der Waals surface area (Å²) in [7, 11) is 0. The van der Waals surface area contributed by atoms with Crippen molar-refractivity contribution in [1.82, 2.24) is 0 Å². The van der Waals surface area contributed by atoms with Gasteiger partial charge in [-0.3, -0.25) is 0 Å². The van der Waals surface area contributed by atoms with Crippen molar-refractivity contribution < 1.29 is 9.47 Å². The van der Waals surface area contributed by atoms with E-state index >= 15 is 0 Å². The van der Waals surface area contributed by atoms with Crippen molar-refractivity contribution in [2.75, 3.05) is 13.2 Å². The van der Waals surface area contributed by atoms with E-state index in [1.807, 2.05) is 6.07 Å². The first-order chi connectivity index (χ1) is 9.79. The maximum atomic E-state index is 6.51. The van der Waals surface area contributed by atoms with Gasteiger partial charge in [0.05, 0.1) is 12.7 Å². The molecule has 0 saturated carbocycles. The van der Waals surface area contributed by atoms with Gasteiger partial charge in [-0.05, 0) is 43.2 Å². The molecule has 2 heterocycles. The zero-order valence-corrected chi connectivity index (χ0v) is 12.3. The van der Waals surface area contributed by atoms with Crippen LogP contribution in [0.4, 0.5) is 0 Å². The minimum absolute atomic E-state index is 0.235. The number of hydrogen-bond donors (Lipinski definition) is 1. The van der Waals surface area contributed by atoms with Crippen LogP contribution in [-0.4, -0.2) is 25.4 Å². The van der Waals surface area contributed by atoms with Gasteiger partial charge < -0.3 is 15.2 Å². The minimum atomic E-state index is 0.235. The van der Waals surface area contributed by atoms with E-state index in [2.05, 4.69) is 25.1 Å². The van der Waals surface area contributed by atoms with Crippen molar-refractivity contribution >= 4 is 0 Å². The van der Waals surface area contributed by atoms with Gasteiger partial charge in [0.1, 0.15) is 5.75 Å². The fourth-order valence-electron chi connectivity index (χ4n) is 3.74. The summed E-state index contributed by atoms with van der Waals surface area (Å²) in [4.78, 5) is 0. The van der Waals surface area contributed by atoms with Gasteiger partial charge in [0.2, 0.25) is 0 Å². The highest BCUT2D eigenvalue weighted by Gasteiger charge is 2.34. The van der Waals surface area contributed by atoms with Crippen LogP contribution in [0, 0.1) is 5.92 Å². The number of nitrogens with two attached hydrogens (primary N) is 1. The van der Waals surface area contributed by atoms with E-state index in [1.54, 1.807) is 0 Å². The number of benzene rings is 1. The molecule has 0 aliphatic carbocycles. The van der Waals surface area contributed by atoms with Crippen molar-refractivity contribution in [3.8, 4) is 5.75 Å². The molecule has 1 saturated heterocycles. The molecule has 0 spiro atoms. The molecule has 3 rings (SSSR count). The Kier molecular flexibility index (Phi) is 4.27. The van der Waals surface area contributed by atoms with Crippen molar-refractivity contribution in [3.63, 3.8) is 0 Å². The molecule has 20 heavy (non-hydrogen) atoms. The first kappa shape index (κ1) is 13.9. The number of rotatable bonds is 4. The average Bonchev–Trinajstić information content (AvgIpc) is 2.96. The van der Waals surface area contributed by atoms with Gasteiger partial charge in [-0.2, -0.15) is 0 Å². The lowest BCUT2D eigenvalue weighted by molar-refractivity contribution is 0.0793. The average molecular weight is 275 g/mol. The second-order valence-corrected chi connectivity index (χ2v) is 6.04. The van der Waals surface area contributed by atoms with E-state index in [0.29, 0.717) is 17.9 Å². The minimum Gasteiger partial charge on any atom is -0.493 e. The Morgan fingerprint density at radius 2 is 2.10 bits per heavy atom. The lowest BCUT2D eigenvalue weighted by atomic mass is 9.81. The zero-order chi connectivity index (χ0) is 13.9. The molecule has 2 aliphatic heterocycles. The van der Waals surface area contributed by atoms with Crippen LogP contribution in [0.25, 0.3) is 0 Å². The molecular formula is C17H25NO2. The van der Waals surface area contributed by atoms with Crippen LogP contribution in [0.1, 0.15) is 44.1 Å². The predicted octanol–water partition coefficient (Wildman–Crippen LogP) is 3.09. The molecule has 2 aliphatic rings. The number of fused-ring (bicyclic) bond motifs is 1. The summed E-state index contributed by atoms with van der Waals surface area (Å²) in [6, 6.07) is 8.63. The van der Waals surface area contributed by atoms with Gasteiger partial charge in [0, 0.05) is 18.6 Å². The SMILES string of the molecule is CCC1OCCC1C(N)CC1CCOc2ccccc21. The summed E-state index contributed by atoms with van der Waals surface area (Å²) in [6.45, 7) is 3.88. The molecule has 0 amide bonds. The lowest BCUT2D eigenvalue weighted by Crippen LogP contribution is -2.37. The molecule has 0 aromatic heterocycles. The fraction of sp³-hybridized carbons (Fsp3) is 0.647. The zero-order valence-electron chi connectivity index (χ0n) is 12.3. The summed E-state index contributed by atoms with van der Waals surface area (Å²) < 4.78 is 11.5. The van der Waals surface area contributed by atoms with E-state index in [0.717, 1.165) is 44.6 Å². The van der Waals surface area contributed by atoms with Gasteiger partial charge in [-0.15, -0.1) is 0 Å². The normalized spacial score (nSPS) is 30.6. The maximum Gasteiger partial charge on any atom is 0.122 e. The molecular weight excluding hydrogens is 250 g/mol. The summed E-state index contributed by atoms with van der Waals surface area (Å²) >= 11 is 0. The molecule has 1 aromatic rings. The second kappa shape index (κ2) is 6.15. The van der Waals surface area contributed by atoms with Crippen LogP contribution in [0.2, 0.25) is 0 Å². The van der Waals surface area contributed by atoms with Crippen LogP contribution >= 0.6 is 0 Å². The van der Waals surface area contributed by atoms with Gasteiger partial charge >= 0.3 is 0 Å². The molecule has 1 aromatic carbocycles. The standard InChI is InChI=1S/C17H25NO2/c1-2-16-14(8-10-19-16)15(18)11-12-7-9-20-17-6-4-3-5-13(12)17/h3-6,12,14-16H,2,7-11,18H2,1H3. The Bertz CT molecular complexity index is 448. The van der Waals surface area contributed by atoms with Gasteiger partial charge in [0.15, 0.2) is 0 Å². The van der Waals surface area contributed by atoms with E-state index < -0.39 is 0 Å². The summed E-state index contributed by atoms with van der Waals surface area (Å²) in [5, 5.41) is 0. The maximum absolute atomic E-state index is 6.51. The third-order valence-electron chi connectivity index (χ3n) is 4.85. The fourth-order valence-corrected chi connectivity index (χ4v) is 3.74. The molecule has 3 nitrogen and oxygen atoms in total. The number of hydrogen-bond acceptors (Lipinski definition) is 3. The largest absolute Gasteiger partial charge is 0.493 e. The Labute approximate surface area is 121 Å². The topological polar surface area (TPSA) is 44.5 Å². The third kappa shape index (κ3) is 2.70. The van der Waals surface area contributed by atoms with E-state index in [9.17, 15) is 0 Å². The molecule has 4 atom stereocenters. The van der Waals surface area contributed by atoms with Crippen molar-refractivity contribution in [2.24, 2.45) is 11.7 Å². The highest BCUT2D eigenvalue weighted by atomic mass is 16.5. The Morgan fingerprint density at radius 1 is 1.25 bits per heavy atom. The monoisotopic (exact) mass is 275 g/mol. The Hall–Kier alpha value is -1.06. The Balaban J connectivity index is 1.69. The van der Waals surface area contributed by atoms with Gasteiger partial charge in [-0.25, -0.2) is 0 Å². The van der Waals surface area contributed by atoms with Crippen LogP contribution < -0.4 is 10.5 Å². The van der Waals surface area contributed by atoms with Crippen LogP contribution in [-0.2, 0) is 4.74 Å². The molecule has 2 N–H and O–H groups in total. The van der Waals surface area contributed by atoms with Gasteiger partial charge in [-0.1, -0.05) is 25.1 Å². The van der Waals surface area contributed by atoms with Crippen LogP contribution in [0.5, 0.6) is 5.75 Å². The quantitative estimate of drug-likeness (QED) is 0.918. The lowest BCUT2D eigenvalue weighted by Gasteiger charge is -2.31. The number of para-hydroxylation sites is 1. The molecule has 3 heteroatoms. The van der Waals surface area contributed by atoms with Crippen molar-refractivity contribution in [1.29, 1.82) is 0 Å². The van der Waals surface area contributed by atoms with Crippen LogP contribution in [0.15, 0.2) is 24.3 Å². The highest BCUT2D eigenvalue weighted by molar-refractivity contribution is 5.37. The van der Waals surface area contributed by atoms with E-state index in [1.165, 1.54) is 5.56 Å². The first-order valence-corrected chi connectivity index (χ1v) is 7.88. The smallest absolute Gasteiger partial charge is 0.122 e. The highest BCUT2D eigenvalue weighted by Crippen LogP contribution is 2.38. The Morgan fingerprint density at radius 3 is 2.95 bits per heavy atom. The molecule has 0 bridgehead atoms. The summed E-state index contributed by atoms with van der Waals surface area (Å²) in [5.41, 5.74) is 7.85. The van der Waals surface area contributed by atoms with E-state index in [-0.39, 0.29) is 6.04 Å². The summed E-state index contributed by atoms with van der Waals surface area (Å²) in [5.74, 6) is 2.11. The number of ether oxygens (including phenoxy) is 2. The van der Waals surface area contributed by atoms with Crippen LogP contribution in [0.3, 0.4) is 0 Å². The summed E-state index contributed by atoms with van der Waals surface area (Å²) in [6.07, 6.45) is 4.67. The first-order valence-electron chi connectivity index (χ1n) is 7.88. The third-order valence-corrected chi connectivity index (χ3v) is 4.85. The van der Waals surface area contributed by atoms with Crippen molar-refractivity contribution in [3.05, 3.63) is 29.8 Å².